The SMILES string of the molecule is O=C1C[C@H](Nc2ccc(N3CCOCC3)cc2)C(=O)N1C1CCCCC1. The van der Waals surface area contributed by atoms with Gasteiger partial charge in [-0.15, -0.1) is 0 Å². The van der Waals surface area contributed by atoms with E-state index in [1.165, 1.54) is 6.42 Å². The first-order valence-corrected chi connectivity index (χ1v) is 9.77. The van der Waals surface area contributed by atoms with E-state index in [0.29, 0.717) is 0 Å². The van der Waals surface area contributed by atoms with E-state index in [2.05, 4.69) is 22.3 Å². The molecule has 140 valence electrons. The number of hydrogen-bond donors (Lipinski definition) is 1. The molecule has 0 aromatic heterocycles. The molecular weight excluding hydrogens is 330 g/mol. The molecule has 2 heterocycles. The number of rotatable bonds is 4. The molecule has 6 nitrogen and oxygen atoms in total. The number of ether oxygens (including phenoxy) is 1. The number of benzene rings is 1. The number of hydrogen-bond acceptors (Lipinski definition) is 5. The largest absolute Gasteiger partial charge is 0.378 e. The first kappa shape index (κ1) is 17.3. The molecule has 6 heteroatoms. The van der Waals surface area contributed by atoms with Crippen LogP contribution < -0.4 is 10.2 Å². The van der Waals surface area contributed by atoms with Crippen LogP contribution in [0.25, 0.3) is 0 Å². The van der Waals surface area contributed by atoms with E-state index in [1.54, 1.807) is 4.90 Å². The smallest absolute Gasteiger partial charge is 0.252 e. The van der Waals surface area contributed by atoms with Crippen LogP contribution in [0, 0.1) is 0 Å². The molecule has 3 fully saturated rings. The summed E-state index contributed by atoms with van der Waals surface area (Å²) in [5, 5.41) is 3.27. The van der Waals surface area contributed by atoms with E-state index < -0.39 is 6.04 Å². The van der Waals surface area contributed by atoms with Gasteiger partial charge >= 0.3 is 0 Å². The maximum Gasteiger partial charge on any atom is 0.252 e. The van der Waals surface area contributed by atoms with Crippen molar-refractivity contribution in [2.24, 2.45) is 0 Å². The van der Waals surface area contributed by atoms with Crippen LogP contribution in [0.4, 0.5) is 11.4 Å². The average molecular weight is 357 g/mol. The first-order valence-electron chi connectivity index (χ1n) is 9.77. The normalized spacial score (nSPS) is 25.0. The molecule has 1 N–H and O–H groups in total. The number of nitrogens with one attached hydrogen (secondary N) is 1. The maximum absolute atomic E-state index is 12.8. The van der Waals surface area contributed by atoms with Crippen molar-refractivity contribution in [1.82, 2.24) is 4.90 Å². The highest BCUT2D eigenvalue weighted by Crippen LogP contribution is 2.29. The van der Waals surface area contributed by atoms with Crippen LogP contribution in [0.3, 0.4) is 0 Å². The molecule has 0 bridgehead atoms. The second-order valence-electron chi connectivity index (χ2n) is 7.44. The zero-order chi connectivity index (χ0) is 17.9. The number of likely N-dealkylation sites (tertiary alicyclic amines) is 1. The lowest BCUT2D eigenvalue weighted by atomic mass is 9.94. The van der Waals surface area contributed by atoms with Crippen LogP contribution in [-0.4, -0.2) is 55.1 Å². The summed E-state index contributed by atoms with van der Waals surface area (Å²) in [6, 6.07) is 7.79. The fourth-order valence-electron chi connectivity index (χ4n) is 4.28. The summed E-state index contributed by atoms with van der Waals surface area (Å²) in [4.78, 5) is 29.0. The van der Waals surface area contributed by atoms with Gasteiger partial charge < -0.3 is 15.0 Å². The number of anilines is 2. The predicted molar refractivity (Wildman–Crippen MR) is 100 cm³/mol. The average Bonchev–Trinajstić information content (AvgIpc) is 2.97. The Bertz CT molecular complexity index is 649. The van der Waals surface area contributed by atoms with Crippen LogP contribution in [-0.2, 0) is 14.3 Å². The molecule has 1 saturated carbocycles. The van der Waals surface area contributed by atoms with Gasteiger partial charge in [-0.25, -0.2) is 0 Å². The fourth-order valence-corrected chi connectivity index (χ4v) is 4.28. The van der Waals surface area contributed by atoms with Crippen molar-refractivity contribution in [2.45, 2.75) is 50.6 Å². The molecule has 3 aliphatic rings. The Balaban J connectivity index is 1.39. The van der Waals surface area contributed by atoms with Crippen LogP contribution >= 0.6 is 0 Å². The van der Waals surface area contributed by atoms with Crippen LogP contribution in [0.1, 0.15) is 38.5 Å². The third-order valence-corrected chi connectivity index (χ3v) is 5.71. The first-order chi connectivity index (χ1) is 12.7. The van der Waals surface area contributed by atoms with Gasteiger partial charge in [-0.2, -0.15) is 0 Å². The van der Waals surface area contributed by atoms with Crippen LogP contribution in [0.15, 0.2) is 24.3 Å². The second-order valence-corrected chi connectivity index (χ2v) is 7.44. The number of nitrogens with zero attached hydrogens (tertiary/aromatic N) is 2. The van der Waals surface area contributed by atoms with Gasteiger partial charge in [0.15, 0.2) is 0 Å². The minimum atomic E-state index is -0.432. The monoisotopic (exact) mass is 357 g/mol. The third kappa shape index (κ3) is 3.56. The molecule has 4 rings (SSSR count). The van der Waals surface area contributed by atoms with Gasteiger partial charge in [-0.1, -0.05) is 19.3 Å². The van der Waals surface area contributed by atoms with Gasteiger partial charge in [0.05, 0.1) is 19.6 Å². The van der Waals surface area contributed by atoms with Crippen molar-refractivity contribution in [3.8, 4) is 0 Å². The summed E-state index contributed by atoms with van der Waals surface area (Å²) in [6.45, 7) is 3.32. The highest BCUT2D eigenvalue weighted by Gasteiger charge is 2.42. The van der Waals surface area contributed by atoms with Gasteiger partial charge in [-0.3, -0.25) is 14.5 Å². The van der Waals surface area contributed by atoms with Crippen molar-refractivity contribution in [3.63, 3.8) is 0 Å². The van der Waals surface area contributed by atoms with Gasteiger partial charge in [0.1, 0.15) is 6.04 Å². The third-order valence-electron chi connectivity index (χ3n) is 5.71. The Hall–Kier alpha value is -2.08. The summed E-state index contributed by atoms with van der Waals surface area (Å²) >= 11 is 0. The van der Waals surface area contributed by atoms with Crippen LogP contribution in [0.2, 0.25) is 0 Å². The zero-order valence-electron chi connectivity index (χ0n) is 15.2. The lowest BCUT2D eigenvalue weighted by molar-refractivity contribution is -0.141. The van der Waals surface area contributed by atoms with Crippen molar-refractivity contribution in [3.05, 3.63) is 24.3 Å². The highest BCUT2D eigenvalue weighted by molar-refractivity contribution is 6.07. The molecule has 2 saturated heterocycles. The van der Waals surface area contributed by atoms with E-state index in [1.807, 2.05) is 12.1 Å². The van der Waals surface area contributed by atoms with E-state index >= 15 is 0 Å². The summed E-state index contributed by atoms with van der Waals surface area (Å²) in [5.74, 6) is -0.0801. The molecule has 1 atom stereocenters. The lowest BCUT2D eigenvalue weighted by Crippen LogP contribution is -2.43. The Morgan fingerprint density at radius 2 is 1.65 bits per heavy atom. The second kappa shape index (κ2) is 7.66. The summed E-state index contributed by atoms with van der Waals surface area (Å²) in [7, 11) is 0. The Morgan fingerprint density at radius 1 is 0.962 bits per heavy atom. The van der Waals surface area contributed by atoms with E-state index in [-0.39, 0.29) is 24.3 Å². The van der Waals surface area contributed by atoms with Gasteiger partial charge in [-0.05, 0) is 37.1 Å². The van der Waals surface area contributed by atoms with Gasteiger partial charge in [0.25, 0.3) is 5.91 Å². The van der Waals surface area contributed by atoms with Gasteiger partial charge in [0.2, 0.25) is 5.91 Å². The molecule has 0 unspecified atom stereocenters. The maximum atomic E-state index is 12.8. The highest BCUT2D eigenvalue weighted by atomic mass is 16.5. The fraction of sp³-hybridized carbons (Fsp3) is 0.600. The number of carbonyl (C=O) groups is 2. The minimum absolute atomic E-state index is 0.0238. The molecule has 0 radical (unpaired) electrons. The molecule has 1 aromatic carbocycles. The van der Waals surface area contributed by atoms with E-state index in [4.69, 9.17) is 4.74 Å². The molecule has 0 spiro atoms. The van der Waals surface area contributed by atoms with Gasteiger partial charge in [0, 0.05) is 30.5 Å². The summed E-state index contributed by atoms with van der Waals surface area (Å²) in [6.07, 6.45) is 5.62. The molecule has 2 aliphatic heterocycles. The van der Waals surface area contributed by atoms with E-state index in [9.17, 15) is 9.59 Å². The molecule has 1 aliphatic carbocycles. The van der Waals surface area contributed by atoms with E-state index in [0.717, 1.165) is 63.4 Å². The Labute approximate surface area is 154 Å². The number of imide groups is 1. The van der Waals surface area contributed by atoms with Crippen molar-refractivity contribution in [1.29, 1.82) is 0 Å². The lowest BCUT2D eigenvalue weighted by Gasteiger charge is -2.30. The van der Waals surface area contributed by atoms with Crippen LogP contribution in [0.5, 0.6) is 0 Å². The summed E-state index contributed by atoms with van der Waals surface area (Å²) in [5.41, 5.74) is 2.05. The van der Waals surface area contributed by atoms with Crippen molar-refractivity contribution in [2.75, 3.05) is 36.5 Å². The molecule has 26 heavy (non-hydrogen) atoms. The number of morpholine rings is 1. The van der Waals surface area contributed by atoms with Crippen molar-refractivity contribution >= 4 is 23.2 Å². The Morgan fingerprint density at radius 3 is 2.35 bits per heavy atom. The zero-order valence-corrected chi connectivity index (χ0v) is 15.2. The number of carbonyl (C=O) groups excluding carboxylic acids is 2. The standard InChI is InChI=1S/C20H27N3O3/c24-19-14-18(20(25)23(19)17-4-2-1-3-5-17)21-15-6-8-16(9-7-15)22-10-12-26-13-11-22/h6-9,17-18,21H,1-5,10-14H2/t18-/m0/s1. The minimum Gasteiger partial charge on any atom is -0.378 e. The summed E-state index contributed by atoms with van der Waals surface area (Å²) < 4.78 is 5.39. The van der Waals surface area contributed by atoms with Crippen molar-refractivity contribution < 1.29 is 14.3 Å². The quantitative estimate of drug-likeness (QED) is 0.839. The number of amides is 2. The Kier molecular flexibility index (Phi) is 5.11. The molecule has 1 aromatic rings. The molecular formula is C20H27N3O3. The predicted octanol–water partition coefficient (Wildman–Crippen LogP) is 2.40. The molecule has 2 amide bonds. The topological polar surface area (TPSA) is 61.9 Å².